The Kier molecular flexibility index (Phi) is 5.79. The molecule has 0 heterocycles. The highest BCUT2D eigenvalue weighted by Crippen LogP contribution is 2.26. The first-order valence-electron chi connectivity index (χ1n) is 6.75. The van der Waals surface area contributed by atoms with E-state index in [-0.39, 0.29) is 11.6 Å². The van der Waals surface area contributed by atoms with Gasteiger partial charge in [-0.1, -0.05) is 25.1 Å². The third kappa shape index (κ3) is 3.47. The van der Waals surface area contributed by atoms with Gasteiger partial charge in [0.15, 0.2) is 0 Å². The summed E-state index contributed by atoms with van der Waals surface area (Å²) in [5.74, 6) is 6.71. The number of nitrogens with zero attached hydrogens (tertiary/aromatic N) is 1. The summed E-state index contributed by atoms with van der Waals surface area (Å²) in [6.07, 6.45) is 1.85. The van der Waals surface area contributed by atoms with Crippen LogP contribution >= 0.6 is 0 Å². The number of benzene rings is 1. The molecule has 1 aromatic rings. The van der Waals surface area contributed by atoms with Crippen molar-refractivity contribution < 1.29 is 4.74 Å². The summed E-state index contributed by atoms with van der Waals surface area (Å²) in [5.41, 5.74) is 4.15. The van der Waals surface area contributed by atoms with Crippen molar-refractivity contribution in [2.45, 2.75) is 38.3 Å². The summed E-state index contributed by atoms with van der Waals surface area (Å²) in [7, 11) is 5.89. The lowest BCUT2D eigenvalue weighted by atomic mass is 9.84. The predicted octanol–water partition coefficient (Wildman–Crippen LogP) is 1.80. The molecule has 0 spiro atoms. The van der Waals surface area contributed by atoms with Gasteiger partial charge in [-0.05, 0) is 45.5 Å². The average Bonchev–Trinajstić information content (AvgIpc) is 2.43. The van der Waals surface area contributed by atoms with Crippen molar-refractivity contribution in [1.82, 2.24) is 10.3 Å². The second-order valence-corrected chi connectivity index (χ2v) is 5.34. The summed E-state index contributed by atoms with van der Waals surface area (Å²) in [4.78, 5) is 2.23. The number of hydrogen-bond donors (Lipinski definition) is 2. The van der Waals surface area contributed by atoms with Crippen molar-refractivity contribution in [1.29, 1.82) is 0 Å². The first-order valence-corrected chi connectivity index (χ1v) is 6.75. The Labute approximate surface area is 116 Å². The van der Waals surface area contributed by atoms with E-state index < -0.39 is 0 Å². The fourth-order valence-electron chi connectivity index (χ4n) is 2.42. The van der Waals surface area contributed by atoms with Gasteiger partial charge >= 0.3 is 0 Å². The van der Waals surface area contributed by atoms with Crippen molar-refractivity contribution in [2.75, 3.05) is 21.2 Å². The SMILES string of the molecule is CCC(C)(C(Cc1ccccc1OC)NN)N(C)C. The van der Waals surface area contributed by atoms with Crippen LogP contribution in [-0.4, -0.2) is 37.7 Å². The van der Waals surface area contributed by atoms with E-state index in [0.717, 1.165) is 18.6 Å². The lowest BCUT2D eigenvalue weighted by molar-refractivity contribution is 0.112. The molecular weight excluding hydrogens is 238 g/mol. The maximum Gasteiger partial charge on any atom is 0.122 e. The summed E-state index contributed by atoms with van der Waals surface area (Å²) in [5, 5.41) is 0. The number of nitrogens with two attached hydrogens (primary N) is 1. The van der Waals surface area contributed by atoms with Crippen LogP contribution < -0.4 is 16.0 Å². The molecule has 2 unspecified atom stereocenters. The topological polar surface area (TPSA) is 50.5 Å². The van der Waals surface area contributed by atoms with Gasteiger partial charge in [0.1, 0.15) is 5.75 Å². The summed E-state index contributed by atoms with van der Waals surface area (Å²) >= 11 is 0. The van der Waals surface area contributed by atoms with E-state index in [9.17, 15) is 0 Å². The van der Waals surface area contributed by atoms with Crippen molar-refractivity contribution in [3.63, 3.8) is 0 Å². The van der Waals surface area contributed by atoms with E-state index in [1.807, 2.05) is 18.2 Å². The zero-order valence-corrected chi connectivity index (χ0v) is 12.7. The largest absolute Gasteiger partial charge is 0.496 e. The first-order chi connectivity index (χ1) is 8.99. The van der Waals surface area contributed by atoms with E-state index in [0.29, 0.717) is 0 Å². The van der Waals surface area contributed by atoms with Gasteiger partial charge in [-0.15, -0.1) is 0 Å². The molecule has 0 aliphatic heterocycles. The van der Waals surface area contributed by atoms with E-state index in [2.05, 4.69) is 44.3 Å². The third-order valence-electron chi connectivity index (χ3n) is 4.31. The van der Waals surface area contributed by atoms with Crippen LogP contribution in [-0.2, 0) is 6.42 Å². The van der Waals surface area contributed by atoms with Gasteiger partial charge in [-0.25, -0.2) is 0 Å². The Balaban J connectivity index is 2.99. The summed E-state index contributed by atoms with van der Waals surface area (Å²) in [6, 6.07) is 8.25. The molecule has 1 rings (SSSR count). The predicted molar refractivity (Wildman–Crippen MR) is 80.2 cm³/mol. The van der Waals surface area contributed by atoms with Crippen LogP contribution in [0.4, 0.5) is 0 Å². The minimum absolute atomic E-state index is 0.00436. The molecule has 108 valence electrons. The van der Waals surface area contributed by atoms with Gasteiger partial charge < -0.3 is 9.64 Å². The van der Waals surface area contributed by atoms with Gasteiger partial charge in [0.25, 0.3) is 0 Å². The van der Waals surface area contributed by atoms with Crippen molar-refractivity contribution in [3.8, 4) is 5.75 Å². The Bertz CT molecular complexity index is 395. The van der Waals surface area contributed by atoms with Crippen LogP contribution in [0.5, 0.6) is 5.75 Å². The number of hydrazine groups is 1. The molecule has 0 radical (unpaired) electrons. The lowest BCUT2D eigenvalue weighted by Gasteiger charge is -2.42. The Morgan fingerprint density at radius 3 is 2.47 bits per heavy atom. The molecule has 0 saturated carbocycles. The molecule has 0 saturated heterocycles. The Morgan fingerprint density at radius 2 is 2.00 bits per heavy atom. The van der Waals surface area contributed by atoms with Crippen LogP contribution in [0.1, 0.15) is 25.8 Å². The van der Waals surface area contributed by atoms with Crippen LogP contribution in [0.3, 0.4) is 0 Å². The number of likely N-dealkylation sites (N-methyl/N-ethyl adjacent to an activating group) is 1. The maximum atomic E-state index is 5.79. The van der Waals surface area contributed by atoms with Gasteiger partial charge in [0.05, 0.1) is 7.11 Å². The van der Waals surface area contributed by atoms with Crippen LogP contribution in [0.2, 0.25) is 0 Å². The van der Waals surface area contributed by atoms with E-state index >= 15 is 0 Å². The molecule has 0 amide bonds. The quantitative estimate of drug-likeness (QED) is 0.583. The maximum absolute atomic E-state index is 5.79. The molecule has 0 bridgehead atoms. The fourth-order valence-corrected chi connectivity index (χ4v) is 2.42. The highest BCUT2D eigenvalue weighted by molar-refractivity contribution is 5.34. The number of rotatable bonds is 7. The van der Waals surface area contributed by atoms with Crippen molar-refractivity contribution >= 4 is 0 Å². The molecule has 2 atom stereocenters. The number of methoxy groups -OCH3 is 1. The van der Waals surface area contributed by atoms with Crippen molar-refractivity contribution in [3.05, 3.63) is 29.8 Å². The number of ether oxygens (including phenoxy) is 1. The molecule has 4 nitrogen and oxygen atoms in total. The molecule has 0 aliphatic carbocycles. The normalized spacial score (nSPS) is 16.2. The molecule has 3 N–H and O–H groups in total. The minimum atomic E-state index is -0.00436. The zero-order chi connectivity index (χ0) is 14.5. The van der Waals surface area contributed by atoms with Gasteiger partial charge in [0, 0.05) is 11.6 Å². The minimum Gasteiger partial charge on any atom is -0.496 e. The molecule has 0 fully saturated rings. The number of nitrogens with one attached hydrogen (secondary N) is 1. The molecule has 4 heteroatoms. The van der Waals surface area contributed by atoms with Crippen molar-refractivity contribution in [2.24, 2.45) is 5.84 Å². The van der Waals surface area contributed by atoms with Gasteiger partial charge in [-0.3, -0.25) is 11.3 Å². The fraction of sp³-hybridized carbons (Fsp3) is 0.600. The third-order valence-corrected chi connectivity index (χ3v) is 4.31. The monoisotopic (exact) mass is 265 g/mol. The summed E-state index contributed by atoms with van der Waals surface area (Å²) in [6.45, 7) is 4.42. The number of para-hydroxylation sites is 1. The summed E-state index contributed by atoms with van der Waals surface area (Å²) < 4.78 is 5.42. The average molecular weight is 265 g/mol. The molecule has 19 heavy (non-hydrogen) atoms. The van der Waals surface area contributed by atoms with Crippen LogP contribution in [0.15, 0.2) is 24.3 Å². The highest BCUT2D eigenvalue weighted by Gasteiger charge is 2.34. The van der Waals surface area contributed by atoms with E-state index in [1.165, 1.54) is 5.56 Å². The molecule has 1 aromatic carbocycles. The molecular formula is C15H27N3O. The lowest BCUT2D eigenvalue weighted by Crippen LogP contribution is -2.59. The Morgan fingerprint density at radius 1 is 1.37 bits per heavy atom. The van der Waals surface area contributed by atoms with E-state index in [4.69, 9.17) is 10.6 Å². The van der Waals surface area contributed by atoms with Gasteiger partial charge in [-0.2, -0.15) is 0 Å². The second kappa shape index (κ2) is 6.89. The van der Waals surface area contributed by atoms with Gasteiger partial charge in [0.2, 0.25) is 0 Å². The van der Waals surface area contributed by atoms with E-state index in [1.54, 1.807) is 7.11 Å². The Hall–Kier alpha value is -1.10. The highest BCUT2D eigenvalue weighted by atomic mass is 16.5. The first kappa shape index (κ1) is 16.0. The van der Waals surface area contributed by atoms with Crippen LogP contribution in [0.25, 0.3) is 0 Å². The molecule has 0 aromatic heterocycles. The van der Waals surface area contributed by atoms with Crippen LogP contribution in [0, 0.1) is 0 Å². The second-order valence-electron chi connectivity index (χ2n) is 5.34. The smallest absolute Gasteiger partial charge is 0.122 e. The molecule has 0 aliphatic rings. The zero-order valence-electron chi connectivity index (χ0n) is 12.7. The standard InChI is InChI=1S/C15H27N3O/c1-6-15(2,18(3)4)14(17-16)11-12-9-7-8-10-13(12)19-5/h7-10,14,17H,6,11,16H2,1-5H3. The number of hydrogen-bond acceptors (Lipinski definition) is 4.